The van der Waals surface area contributed by atoms with Gasteiger partial charge in [0.05, 0.1) is 10.6 Å². The number of benzene rings is 3. The molecule has 0 fully saturated rings. The first kappa shape index (κ1) is 30.2. The number of amides is 2. The lowest BCUT2D eigenvalue weighted by Gasteiger charge is -2.33. The molecule has 39 heavy (non-hydrogen) atoms. The number of nitrogens with one attached hydrogen (secondary N) is 1. The van der Waals surface area contributed by atoms with Gasteiger partial charge in [-0.1, -0.05) is 79.5 Å². The summed E-state index contributed by atoms with van der Waals surface area (Å²) < 4.78 is 28.9. The highest BCUT2D eigenvalue weighted by Gasteiger charge is 2.33. The second kappa shape index (κ2) is 13.6. The molecule has 7 nitrogen and oxygen atoms in total. The number of carbonyl (C=O) groups is 2. The molecular weight excluding hydrogens is 534 g/mol. The summed E-state index contributed by atoms with van der Waals surface area (Å²) in [4.78, 5) is 28.6. The van der Waals surface area contributed by atoms with E-state index >= 15 is 0 Å². The topological polar surface area (TPSA) is 86.8 Å². The van der Waals surface area contributed by atoms with Gasteiger partial charge in [-0.2, -0.15) is 0 Å². The van der Waals surface area contributed by atoms with Crippen molar-refractivity contribution in [2.24, 2.45) is 0 Å². The molecule has 0 aliphatic heterocycles. The summed E-state index contributed by atoms with van der Waals surface area (Å²) in [5, 5.41) is 3.27. The number of nitrogens with zero attached hydrogens (tertiary/aromatic N) is 2. The zero-order valence-electron chi connectivity index (χ0n) is 22.9. The van der Waals surface area contributed by atoms with Crippen molar-refractivity contribution >= 4 is 39.1 Å². The van der Waals surface area contributed by atoms with E-state index in [4.69, 9.17) is 11.6 Å². The average molecular weight is 570 g/mol. The van der Waals surface area contributed by atoms with E-state index in [1.165, 1.54) is 17.0 Å². The van der Waals surface area contributed by atoms with Crippen molar-refractivity contribution in [2.45, 2.75) is 58.0 Å². The van der Waals surface area contributed by atoms with E-state index in [0.717, 1.165) is 27.4 Å². The summed E-state index contributed by atoms with van der Waals surface area (Å²) in [6, 6.07) is 19.9. The van der Waals surface area contributed by atoms with Crippen LogP contribution < -0.4 is 9.62 Å². The van der Waals surface area contributed by atoms with Gasteiger partial charge in [-0.15, -0.1) is 0 Å². The lowest BCUT2D eigenvalue weighted by molar-refractivity contribution is -0.140. The highest BCUT2D eigenvalue weighted by Crippen LogP contribution is 2.29. The molecule has 0 saturated carbocycles. The van der Waals surface area contributed by atoms with Gasteiger partial charge in [0.2, 0.25) is 11.8 Å². The summed E-state index contributed by atoms with van der Waals surface area (Å²) in [6.07, 6.45) is 1.13. The van der Waals surface area contributed by atoms with Crippen LogP contribution in [0.2, 0.25) is 5.02 Å². The number of rotatable bonds is 12. The summed E-state index contributed by atoms with van der Waals surface area (Å²) in [5.41, 5.74) is 2.79. The summed E-state index contributed by atoms with van der Waals surface area (Å²) in [7, 11) is -4.14. The summed E-state index contributed by atoms with van der Waals surface area (Å²) in [6.45, 7) is 7.62. The van der Waals surface area contributed by atoms with Crippen LogP contribution in [-0.2, 0) is 26.2 Å². The molecule has 2 amide bonds. The molecule has 0 saturated heterocycles. The number of carbonyl (C=O) groups excluding carboxylic acids is 2. The Morgan fingerprint density at radius 3 is 2.21 bits per heavy atom. The van der Waals surface area contributed by atoms with Crippen LogP contribution in [0.4, 0.5) is 5.69 Å². The Bertz CT molecular complexity index is 1380. The van der Waals surface area contributed by atoms with Gasteiger partial charge in [0.1, 0.15) is 12.6 Å². The van der Waals surface area contributed by atoms with Gasteiger partial charge in [-0.25, -0.2) is 8.42 Å². The lowest BCUT2D eigenvalue weighted by atomic mass is 10.1. The largest absolute Gasteiger partial charge is 0.354 e. The Hall–Kier alpha value is -3.36. The molecule has 0 aliphatic carbocycles. The fourth-order valence-corrected chi connectivity index (χ4v) is 5.75. The molecule has 0 aromatic heterocycles. The molecule has 3 aromatic carbocycles. The Balaban J connectivity index is 2.06. The molecule has 9 heteroatoms. The zero-order valence-corrected chi connectivity index (χ0v) is 24.4. The van der Waals surface area contributed by atoms with Crippen molar-refractivity contribution < 1.29 is 18.0 Å². The number of hydrogen-bond acceptors (Lipinski definition) is 4. The fraction of sp³-hybridized carbons (Fsp3) is 0.333. The minimum absolute atomic E-state index is 0.0555. The third kappa shape index (κ3) is 7.61. The number of anilines is 1. The molecule has 1 unspecified atom stereocenters. The Kier molecular flexibility index (Phi) is 10.5. The molecule has 0 radical (unpaired) electrons. The van der Waals surface area contributed by atoms with E-state index in [-0.39, 0.29) is 23.0 Å². The molecule has 3 rings (SSSR count). The van der Waals surface area contributed by atoms with Crippen molar-refractivity contribution in [2.75, 3.05) is 17.4 Å². The lowest BCUT2D eigenvalue weighted by Crippen LogP contribution is -2.52. The molecule has 0 aliphatic rings. The van der Waals surface area contributed by atoms with E-state index in [9.17, 15) is 18.0 Å². The first-order chi connectivity index (χ1) is 18.6. The third-order valence-corrected chi connectivity index (χ3v) is 8.66. The molecule has 1 atom stereocenters. The highest BCUT2D eigenvalue weighted by atomic mass is 35.5. The Morgan fingerprint density at radius 2 is 1.62 bits per heavy atom. The maximum absolute atomic E-state index is 14.0. The predicted molar refractivity (Wildman–Crippen MR) is 156 cm³/mol. The van der Waals surface area contributed by atoms with Gasteiger partial charge in [0.15, 0.2) is 0 Å². The molecule has 0 bridgehead atoms. The summed E-state index contributed by atoms with van der Waals surface area (Å²) in [5.74, 6) is -0.764. The standard InChI is InChI=1S/C30H36ClN3O4S/c1-5-18-32-30(36)28(6-2)33(20-24-10-8-7-9-11-24)29(35)21-34(25-15-14-23(4)27(31)19-25)39(37,38)26-16-12-22(3)13-17-26/h7-17,19,28H,5-6,18,20-21H2,1-4H3,(H,32,36). The maximum atomic E-state index is 14.0. The Labute approximate surface area is 236 Å². The quantitative estimate of drug-likeness (QED) is 0.313. The summed E-state index contributed by atoms with van der Waals surface area (Å²) >= 11 is 6.37. The normalized spacial score (nSPS) is 12.0. The van der Waals surface area contributed by atoms with Gasteiger partial charge in [-0.3, -0.25) is 13.9 Å². The van der Waals surface area contributed by atoms with Gasteiger partial charge in [0.25, 0.3) is 10.0 Å². The molecule has 0 heterocycles. The first-order valence-corrected chi connectivity index (χ1v) is 14.9. The fourth-order valence-electron chi connectivity index (χ4n) is 4.17. The van der Waals surface area contributed by atoms with Gasteiger partial charge in [-0.05, 0) is 62.1 Å². The van der Waals surface area contributed by atoms with Crippen LogP contribution in [0.25, 0.3) is 0 Å². The van der Waals surface area contributed by atoms with Crippen molar-refractivity contribution in [3.8, 4) is 0 Å². The van der Waals surface area contributed by atoms with Crippen LogP contribution in [0.1, 0.15) is 43.4 Å². The van der Waals surface area contributed by atoms with E-state index in [1.54, 1.807) is 30.3 Å². The minimum atomic E-state index is -4.14. The second-order valence-corrected chi connectivity index (χ2v) is 11.8. The number of aryl methyl sites for hydroxylation is 2. The predicted octanol–water partition coefficient (Wildman–Crippen LogP) is 5.49. The average Bonchev–Trinajstić information content (AvgIpc) is 2.92. The number of hydrogen-bond donors (Lipinski definition) is 1. The van der Waals surface area contributed by atoms with E-state index in [0.29, 0.717) is 18.0 Å². The van der Waals surface area contributed by atoms with Gasteiger partial charge >= 0.3 is 0 Å². The van der Waals surface area contributed by atoms with Crippen LogP contribution in [-0.4, -0.2) is 44.3 Å². The van der Waals surface area contributed by atoms with Gasteiger partial charge in [0, 0.05) is 18.1 Å². The zero-order chi connectivity index (χ0) is 28.6. The van der Waals surface area contributed by atoms with Crippen LogP contribution >= 0.6 is 11.6 Å². The Morgan fingerprint density at radius 1 is 0.949 bits per heavy atom. The third-order valence-electron chi connectivity index (χ3n) is 6.46. The molecule has 208 valence electrons. The van der Waals surface area contributed by atoms with Crippen LogP contribution in [0.15, 0.2) is 77.7 Å². The molecule has 1 N–H and O–H groups in total. The van der Waals surface area contributed by atoms with Crippen molar-refractivity contribution in [1.29, 1.82) is 0 Å². The number of sulfonamides is 1. The monoisotopic (exact) mass is 569 g/mol. The SMILES string of the molecule is CCCNC(=O)C(CC)N(Cc1ccccc1)C(=O)CN(c1ccc(C)c(Cl)c1)S(=O)(=O)c1ccc(C)cc1. The van der Waals surface area contributed by atoms with Crippen LogP contribution in [0.3, 0.4) is 0 Å². The van der Waals surface area contributed by atoms with E-state index in [1.807, 2.05) is 58.0 Å². The second-order valence-electron chi connectivity index (χ2n) is 9.48. The van der Waals surface area contributed by atoms with E-state index in [2.05, 4.69) is 5.32 Å². The van der Waals surface area contributed by atoms with Crippen LogP contribution in [0, 0.1) is 13.8 Å². The maximum Gasteiger partial charge on any atom is 0.264 e. The van der Waals surface area contributed by atoms with Crippen molar-refractivity contribution in [3.05, 3.63) is 94.5 Å². The number of halogens is 1. The highest BCUT2D eigenvalue weighted by molar-refractivity contribution is 7.92. The molecular formula is C30H36ClN3O4S. The smallest absolute Gasteiger partial charge is 0.264 e. The van der Waals surface area contributed by atoms with Crippen molar-refractivity contribution in [3.63, 3.8) is 0 Å². The molecule has 0 spiro atoms. The van der Waals surface area contributed by atoms with E-state index < -0.39 is 28.5 Å². The molecule has 3 aromatic rings. The minimum Gasteiger partial charge on any atom is -0.354 e. The van der Waals surface area contributed by atoms with Gasteiger partial charge < -0.3 is 10.2 Å². The first-order valence-electron chi connectivity index (χ1n) is 13.0. The van der Waals surface area contributed by atoms with Crippen molar-refractivity contribution in [1.82, 2.24) is 10.2 Å². The van der Waals surface area contributed by atoms with Crippen LogP contribution in [0.5, 0.6) is 0 Å².